The van der Waals surface area contributed by atoms with E-state index in [1.54, 1.807) is 0 Å². The summed E-state index contributed by atoms with van der Waals surface area (Å²) in [6, 6.07) is 23.1. The minimum absolute atomic E-state index is 0.148. The number of halogens is 1. The SMILES string of the molecule is CC(C)(C)c1ccc(CNc2ccc3c(c2)C(OCCC2CCCCC2)C(OCc2ccccc2Cl)C(C)(C)O3)cc1. The van der Waals surface area contributed by atoms with Gasteiger partial charge in [-0.1, -0.05) is 107 Å². The number of fused-ring (bicyclic) bond motifs is 1. The molecule has 2 unspecified atom stereocenters. The molecule has 5 heteroatoms. The highest BCUT2D eigenvalue weighted by Crippen LogP contribution is 2.45. The monoisotopic (exact) mass is 589 g/mol. The standard InChI is InChI=1S/C37H48ClNO3/c1-36(2,3)29-17-15-27(16-18-29)24-39-30-19-20-33-31(23-30)34(40-22-21-26-11-7-6-8-12-26)35(37(4,5)42-33)41-25-28-13-9-10-14-32(28)38/h9-10,13-20,23,26,34-35,39H,6-8,11-12,21-22,24-25H2,1-5H3. The van der Waals surface area contributed by atoms with Crippen molar-refractivity contribution in [3.05, 3.63) is 94.0 Å². The Morgan fingerprint density at radius 1 is 0.929 bits per heavy atom. The Kier molecular flexibility index (Phi) is 9.87. The van der Waals surface area contributed by atoms with Crippen LogP contribution in [0, 0.1) is 5.92 Å². The third kappa shape index (κ3) is 7.70. The maximum absolute atomic E-state index is 6.78. The predicted octanol–water partition coefficient (Wildman–Crippen LogP) is 10.0. The Hall–Kier alpha value is -2.53. The number of benzene rings is 3. The van der Waals surface area contributed by atoms with Crippen LogP contribution >= 0.6 is 11.6 Å². The molecule has 1 aliphatic heterocycles. The van der Waals surface area contributed by atoms with Crippen LogP contribution in [-0.4, -0.2) is 18.3 Å². The molecule has 4 nitrogen and oxygen atoms in total. The third-order valence-corrected chi connectivity index (χ3v) is 9.26. The van der Waals surface area contributed by atoms with E-state index in [0.29, 0.717) is 18.2 Å². The number of ether oxygens (including phenoxy) is 3. The van der Waals surface area contributed by atoms with Gasteiger partial charge in [0.1, 0.15) is 23.6 Å². The summed E-state index contributed by atoms with van der Waals surface area (Å²) in [6.45, 7) is 12.8. The van der Waals surface area contributed by atoms with Crippen molar-refractivity contribution in [3.63, 3.8) is 0 Å². The third-order valence-electron chi connectivity index (χ3n) is 8.89. The molecule has 0 spiro atoms. The van der Waals surface area contributed by atoms with E-state index in [4.69, 9.17) is 25.8 Å². The fourth-order valence-electron chi connectivity index (χ4n) is 6.27. The first-order valence-corrected chi connectivity index (χ1v) is 16.1. The van der Waals surface area contributed by atoms with Crippen LogP contribution in [-0.2, 0) is 28.0 Å². The van der Waals surface area contributed by atoms with Gasteiger partial charge < -0.3 is 19.5 Å². The molecule has 3 aromatic carbocycles. The van der Waals surface area contributed by atoms with E-state index in [-0.39, 0.29) is 17.6 Å². The van der Waals surface area contributed by atoms with Crippen molar-refractivity contribution < 1.29 is 14.2 Å². The molecule has 2 atom stereocenters. The lowest BCUT2D eigenvalue weighted by Gasteiger charge is -2.44. The summed E-state index contributed by atoms with van der Waals surface area (Å²) in [5.74, 6) is 1.62. The van der Waals surface area contributed by atoms with Crippen molar-refractivity contribution in [1.29, 1.82) is 0 Å². The number of anilines is 1. The van der Waals surface area contributed by atoms with E-state index in [1.165, 1.54) is 43.2 Å². The highest BCUT2D eigenvalue weighted by molar-refractivity contribution is 6.31. The second-order valence-corrected chi connectivity index (χ2v) is 14.1. The zero-order valence-electron chi connectivity index (χ0n) is 26.0. The first-order chi connectivity index (χ1) is 20.1. The van der Waals surface area contributed by atoms with Crippen molar-refractivity contribution in [1.82, 2.24) is 0 Å². The van der Waals surface area contributed by atoms with Crippen molar-refractivity contribution >= 4 is 17.3 Å². The molecule has 0 aromatic heterocycles. The summed E-state index contributed by atoms with van der Waals surface area (Å²) in [7, 11) is 0. The molecule has 3 aromatic rings. The molecule has 226 valence electrons. The quantitative estimate of drug-likeness (QED) is 0.255. The van der Waals surface area contributed by atoms with Gasteiger partial charge in [-0.05, 0) is 72.6 Å². The van der Waals surface area contributed by atoms with Gasteiger partial charge in [0.2, 0.25) is 0 Å². The van der Waals surface area contributed by atoms with Crippen LogP contribution in [0.1, 0.15) is 102 Å². The van der Waals surface area contributed by atoms with Gasteiger partial charge in [0.15, 0.2) is 0 Å². The molecule has 42 heavy (non-hydrogen) atoms. The zero-order chi connectivity index (χ0) is 29.7. The van der Waals surface area contributed by atoms with E-state index >= 15 is 0 Å². The zero-order valence-corrected chi connectivity index (χ0v) is 26.8. The first kappa shape index (κ1) is 30.9. The van der Waals surface area contributed by atoms with Gasteiger partial charge >= 0.3 is 0 Å². The predicted molar refractivity (Wildman–Crippen MR) is 174 cm³/mol. The molecule has 0 radical (unpaired) electrons. The van der Waals surface area contributed by atoms with E-state index in [2.05, 4.69) is 82.4 Å². The summed E-state index contributed by atoms with van der Waals surface area (Å²) in [5, 5.41) is 4.34. The molecular formula is C37H48ClNO3. The maximum atomic E-state index is 6.78. The first-order valence-electron chi connectivity index (χ1n) is 15.7. The van der Waals surface area contributed by atoms with Gasteiger partial charge in [-0.2, -0.15) is 0 Å². The molecule has 1 fully saturated rings. The lowest BCUT2D eigenvalue weighted by atomic mass is 9.86. The van der Waals surface area contributed by atoms with Crippen LogP contribution in [0.25, 0.3) is 0 Å². The van der Waals surface area contributed by atoms with Crippen LogP contribution in [0.15, 0.2) is 66.7 Å². The highest BCUT2D eigenvalue weighted by atomic mass is 35.5. The molecule has 1 aliphatic carbocycles. The lowest BCUT2D eigenvalue weighted by Crippen LogP contribution is -2.51. The minimum atomic E-state index is -0.576. The Morgan fingerprint density at radius 3 is 2.38 bits per heavy atom. The number of rotatable bonds is 10. The minimum Gasteiger partial charge on any atom is -0.485 e. The van der Waals surface area contributed by atoms with Crippen LogP contribution in [0.5, 0.6) is 5.75 Å². The van der Waals surface area contributed by atoms with Crippen molar-refractivity contribution in [2.24, 2.45) is 5.92 Å². The van der Waals surface area contributed by atoms with Gasteiger partial charge in [0, 0.05) is 29.4 Å². The molecular weight excluding hydrogens is 542 g/mol. The van der Waals surface area contributed by atoms with E-state index in [1.807, 2.05) is 24.3 Å². The van der Waals surface area contributed by atoms with Gasteiger partial charge in [-0.25, -0.2) is 0 Å². The summed E-state index contributed by atoms with van der Waals surface area (Å²) in [5.41, 5.74) is 5.21. The fourth-order valence-corrected chi connectivity index (χ4v) is 6.46. The normalized spacial score (nSPS) is 20.5. The average molecular weight is 590 g/mol. The summed E-state index contributed by atoms with van der Waals surface area (Å²) in [4.78, 5) is 0. The van der Waals surface area contributed by atoms with Crippen molar-refractivity contribution in [2.75, 3.05) is 11.9 Å². The van der Waals surface area contributed by atoms with E-state index in [9.17, 15) is 0 Å². The molecule has 1 heterocycles. The highest BCUT2D eigenvalue weighted by Gasteiger charge is 2.46. The second-order valence-electron chi connectivity index (χ2n) is 13.7. The van der Waals surface area contributed by atoms with Gasteiger partial charge in [-0.15, -0.1) is 0 Å². The van der Waals surface area contributed by atoms with Crippen molar-refractivity contribution in [2.45, 2.75) is 110 Å². The molecule has 2 aliphatic rings. The van der Waals surface area contributed by atoms with Gasteiger partial charge in [-0.3, -0.25) is 0 Å². The smallest absolute Gasteiger partial charge is 0.132 e. The second kappa shape index (κ2) is 13.4. The van der Waals surface area contributed by atoms with Crippen molar-refractivity contribution in [3.8, 4) is 5.75 Å². The lowest BCUT2D eigenvalue weighted by molar-refractivity contribution is -0.168. The Bertz CT molecular complexity index is 1310. The fraction of sp³-hybridized carbons (Fsp3) is 0.514. The number of nitrogens with one attached hydrogen (secondary N) is 1. The summed E-state index contributed by atoms with van der Waals surface area (Å²) < 4.78 is 20.0. The molecule has 0 amide bonds. The van der Waals surface area contributed by atoms with Crippen LogP contribution in [0.3, 0.4) is 0 Å². The topological polar surface area (TPSA) is 39.7 Å². The number of hydrogen-bond donors (Lipinski definition) is 1. The van der Waals surface area contributed by atoms with Gasteiger partial charge in [0.05, 0.1) is 6.61 Å². The number of hydrogen-bond acceptors (Lipinski definition) is 4. The summed E-state index contributed by atoms with van der Waals surface area (Å²) in [6.07, 6.45) is 7.23. The Morgan fingerprint density at radius 2 is 1.67 bits per heavy atom. The van der Waals surface area contributed by atoms with Gasteiger partial charge in [0.25, 0.3) is 0 Å². The average Bonchev–Trinajstić information content (AvgIpc) is 2.96. The maximum Gasteiger partial charge on any atom is 0.132 e. The molecule has 0 saturated heterocycles. The van der Waals surface area contributed by atoms with Crippen LogP contribution in [0.4, 0.5) is 5.69 Å². The van der Waals surface area contributed by atoms with Crippen LogP contribution < -0.4 is 10.1 Å². The molecule has 1 saturated carbocycles. The molecule has 1 N–H and O–H groups in total. The molecule has 5 rings (SSSR count). The summed E-state index contributed by atoms with van der Waals surface area (Å²) >= 11 is 6.49. The Balaban J connectivity index is 1.35. The van der Waals surface area contributed by atoms with E-state index < -0.39 is 5.60 Å². The van der Waals surface area contributed by atoms with E-state index in [0.717, 1.165) is 41.4 Å². The van der Waals surface area contributed by atoms with Crippen LogP contribution in [0.2, 0.25) is 5.02 Å². The Labute approximate surface area is 258 Å². The largest absolute Gasteiger partial charge is 0.485 e. The molecule has 0 bridgehead atoms.